The van der Waals surface area contributed by atoms with Gasteiger partial charge in [0, 0.05) is 18.1 Å². The second kappa shape index (κ2) is 12.9. The monoisotopic (exact) mass is 555 g/mol. The van der Waals surface area contributed by atoms with Crippen LogP contribution in [0.4, 0.5) is 5.69 Å². The summed E-state index contributed by atoms with van der Waals surface area (Å²) < 4.78 is 28.6. The van der Waals surface area contributed by atoms with E-state index in [0.29, 0.717) is 17.3 Å². The Labute approximate surface area is 230 Å². The average Bonchev–Trinajstić information content (AvgIpc) is 2.90. The highest BCUT2D eigenvalue weighted by Gasteiger charge is 2.32. The van der Waals surface area contributed by atoms with Gasteiger partial charge in [0.05, 0.1) is 10.6 Å². The van der Waals surface area contributed by atoms with E-state index in [9.17, 15) is 18.0 Å². The minimum Gasteiger partial charge on any atom is -0.354 e. The highest BCUT2D eigenvalue weighted by molar-refractivity contribution is 7.92. The normalized spacial score (nSPS) is 12.0. The summed E-state index contributed by atoms with van der Waals surface area (Å²) in [6, 6.07) is 19.5. The molecule has 0 heterocycles. The van der Waals surface area contributed by atoms with Crippen LogP contribution < -0.4 is 9.62 Å². The molecule has 0 bridgehead atoms. The number of sulfonamides is 1. The van der Waals surface area contributed by atoms with Crippen LogP contribution in [0.25, 0.3) is 0 Å². The summed E-state index contributed by atoms with van der Waals surface area (Å²) in [5.41, 5.74) is 3.04. The Balaban J connectivity index is 2.02. The van der Waals surface area contributed by atoms with Crippen molar-refractivity contribution in [3.8, 4) is 0 Å². The molecule has 7 nitrogen and oxygen atoms in total. The lowest BCUT2D eigenvalue weighted by Gasteiger charge is -2.32. The number of carbonyl (C=O) groups excluding carboxylic acids is 2. The summed E-state index contributed by atoms with van der Waals surface area (Å²) in [6.45, 7) is 7.55. The number of nitrogens with one attached hydrogen (secondary N) is 1. The molecule has 202 valence electrons. The number of nitrogens with zero attached hydrogens (tertiary/aromatic N) is 2. The predicted octanol–water partition coefficient (Wildman–Crippen LogP) is 5.10. The molecule has 3 rings (SSSR count). The summed E-state index contributed by atoms with van der Waals surface area (Å²) >= 11 is 6.06. The summed E-state index contributed by atoms with van der Waals surface area (Å²) in [5, 5.41) is 3.28. The Morgan fingerprint density at radius 1 is 0.947 bits per heavy atom. The number of rotatable bonds is 11. The molecule has 0 aliphatic carbocycles. The lowest BCUT2D eigenvalue weighted by Crippen LogP contribution is -2.51. The van der Waals surface area contributed by atoms with Gasteiger partial charge in [-0.15, -0.1) is 0 Å². The van der Waals surface area contributed by atoms with Crippen LogP contribution in [-0.4, -0.2) is 44.3 Å². The highest BCUT2D eigenvalue weighted by atomic mass is 35.5. The van der Waals surface area contributed by atoms with Gasteiger partial charge in [0.25, 0.3) is 10.0 Å². The first-order chi connectivity index (χ1) is 18.0. The molecule has 3 aromatic carbocycles. The van der Waals surface area contributed by atoms with Gasteiger partial charge in [-0.05, 0) is 74.7 Å². The fourth-order valence-corrected chi connectivity index (χ4v) is 5.46. The van der Waals surface area contributed by atoms with E-state index in [-0.39, 0.29) is 17.3 Å². The van der Waals surface area contributed by atoms with E-state index in [1.54, 1.807) is 43.3 Å². The molecule has 0 spiro atoms. The number of carbonyl (C=O) groups is 2. The Hall–Kier alpha value is -3.36. The number of hydrogen-bond donors (Lipinski definition) is 1. The van der Waals surface area contributed by atoms with Crippen molar-refractivity contribution in [3.05, 3.63) is 94.5 Å². The highest BCUT2D eigenvalue weighted by Crippen LogP contribution is 2.26. The molecule has 0 aliphatic rings. The molecule has 2 amide bonds. The number of hydrogen-bond acceptors (Lipinski definition) is 4. The molecule has 1 unspecified atom stereocenters. The molecule has 0 aromatic heterocycles. The van der Waals surface area contributed by atoms with Crippen LogP contribution in [0.15, 0.2) is 77.7 Å². The number of halogens is 1. The third-order valence-electron chi connectivity index (χ3n) is 6.32. The van der Waals surface area contributed by atoms with E-state index in [4.69, 9.17) is 11.6 Å². The molecular formula is C29H34ClN3O4S. The standard InChI is InChI=1S/C29H34ClN3O4S/c1-5-18-31-29(35)23(4)32(19-24-9-7-6-8-22(24)3)28(34)20-33(26-14-12-25(30)13-15-26)38(36,37)27-16-10-21(2)11-17-27/h6-17,23H,5,18-20H2,1-4H3,(H,31,35). The molecule has 38 heavy (non-hydrogen) atoms. The van der Waals surface area contributed by atoms with Gasteiger partial charge < -0.3 is 10.2 Å². The Morgan fingerprint density at radius 3 is 2.18 bits per heavy atom. The third-order valence-corrected chi connectivity index (χ3v) is 8.36. The Kier molecular flexibility index (Phi) is 9.94. The van der Waals surface area contributed by atoms with Gasteiger partial charge in [0.1, 0.15) is 12.6 Å². The van der Waals surface area contributed by atoms with E-state index in [1.807, 2.05) is 45.0 Å². The maximum atomic E-state index is 13.9. The first-order valence-electron chi connectivity index (χ1n) is 12.5. The van der Waals surface area contributed by atoms with Gasteiger partial charge in [0.2, 0.25) is 11.8 Å². The summed E-state index contributed by atoms with van der Waals surface area (Å²) in [4.78, 5) is 28.3. The molecule has 0 saturated heterocycles. The molecule has 1 atom stereocenters. The minimum atomic E-state index is -4.11. The number of amides is 2. The van der Waals surface area contributed by atoms with Crippen molar-refractivity contribution >= 4 is 39.1 Å². The summed E-state index contributed by atoms with van der Waals surface area (Å²) in [6.07, 6.45) is 0.753. The fraction of sp³-hybridized carbons (Fsp3) is 0.310. The fourth-order valence-electron chi connectivity index (χ4n) is 3.92. The molecule has 0 radical (unpaired) electrons. The van der Waals surface area contributed by atoms with Crippen LogP contribution >= 0.6 is 11.6 Å². The van der Waals surface area contributed by atoms with E-state index in [2.05, 4.69) is 5.32 Å². The zero-order chi connectivity index (χ0) is 27.9. The van der Waals surface area contributed by atoms with Crippen LogP contribution in [0.1, 0.15) is 37.0 Å². The van der Waals surface area contributed by atoms with Crippen LogP contribution in [0.3, 0.4) is 0 Å². The van der Waals surface area contributed by atoms with Crippen molar-refractivity contribution in [2.24, 2.45) is 0 Å². The molecule has 1 N–H and O–H groups in total. The quantitative estimate of drug-likeness (QED) is 0.357. The van der Waals surface area contributed by atoms with Crippen molar-refractivity contribution in [2.45, 2.75) is 51.6 Å². The minimum absolute atomic E-state index is 0.0602. The van der Waals surface area contributed by atoms with Gasteiger partial charge in [-0.2, -0.15) is 0 Å². The Bertz CT molecular complexity index is 1360. The SMILES string of the molecule is CCCNC(=O)C(C)N(Cc1ccccc1C)C(=O)CN(c1ccc(Cl)cc1)S(=O)(=O)c1ccc(C)cc1. The lowest BCUT2D eigenvalue weighted by atomic mass is 10.1. The van der Waals surface area contributed by atoms with Gasteiger partial charge in [-0.3, -0.25) is 13.9 Å². The first kappa shape index (κ1) is 29.2. The molecule has 0 saturated carbocycles. The number of anilines is 1. The van der Waals surface area contributed by atoms with Gasteiger partial charge in [-0.1, -0.05) is 60.5 Å². The predicted molar refractivity (Wildman–Crippen MR) is 152 cm³/mol. The smallest absolute Gasteiger partial charge is 0.264 e. The van der Waals surface area contributed by atoms with Crippen molar-refractivity contribution in [1.29, 1.82) is 0 Å². The van der Waals surface area contributed by atoms with E-state index in [0.717, 1.165) is 27.4 Å². The first-order valence-corrected chi connectivity index (χ1v) is 14.3. The van der Waals surface area contributed by atoms with Crippen LogP contribution in [-0.2, 0) is 26.2 Å². The lowest BCUT2D eigenvalue weighted by molar-refractivity contribution is -0.139. The van der Waals surface area contributed by atoms with Crippen LogP contribution in [0.5, 0.6) is 0 Å². The van der Waals surface area contributed by atoms with Crippen molar-refractivity contribution < 1.29 is 18.0 Å². The van der Waals surface area contributed by atoms with E-state index in [1.165, 1.54) is 17.0 Å². The molecular weight excluding hydrogens is 522 g/mol. The summed E-state index contributed by atoms with van der Waals surface area (Å²) in [5.74, 6) is -0.800. The second-order valence-corrected chi connectivity index (χ2v) is 11.5. The topological polar surface area (TPSA) is 86.8 Å². The van der Waals surface area contributed by atoms with E-state index < -0.39 is 28.5 Å². The average molecular weight is 556 g/mol. The Morgan fingerprint density at radius 2 is 1.58 bits per heavy atom. The van der Waals surface area contributed by atoms with E-state index >= 15 is 0 Å². The maximum Gasteiger partial charge on any atom is 0.264 e. The van der Waals surface area contributed by atoms with Crippen molar-refractivity contribution in [3.63, 3.8) is 0 Å². The van der Waals surface area contributed by atoms with Crippen LogP contribution in [0.2, 0.25) is 5.02 Å². The molecule has 0 aliphatic heterocycles. The zero-order valence-corrected chi connectivity index (χ0v) is 23.7. The van der Waals surface area contributed by atoms with Crippen molar-refractivity contribution in [1.82, 2.24) is 10.2 Å². The van der Waals surface area contributed by atoms with Gasteiger partial charge in [-0.25, -0.2) is 8.42 Å². The van der Waals surface area contributed by atoms with Gasteiger partial charge in [0.15, 0.2) is 0 Å². The zero-order valence-electron chi connectivity index (χ0n) is 22.1. The maximum absolute atomic E-state index is 13.9. The third kappa shape index (κ3) is 7.14. The second-order valence-electron chi connectivity index (χ2n) is 9.22. The molecule has 9 heteroatoms. The number of benzene rings is 3. The molecule has 3 aromatic rings. The largest absolute Gasteiger partial charge is 0.354 e. The van der Waals surface area contributed by atoms with Gasteiger partial charge >= 0.3 is 0 Å². The summed E-state index contributed by atoms with van der Waals surface area (Å²) in [7, 11) is -4.11. The number of aryl methyl sites for hydroxylation is 2. The van der Waals surface area contributed by atoms with Crippen LogP contribution in [0, 0.1) is 13.8 Å². The molecule has 0 fully saturated rings. The van der Waals surface area contributed by atoms with Crippen molar-refractivity contribution in [2.75, 3.05) is 17.4 Å².